The van der Waals surface area contributed by atoms with E-state index in [-0.39, 0.29) is 5.82 Å². The summed E-state index contributed by atoms with van der Waals surface area (Å²) in [6.45, 7) is 5.23. The lowest BCUT2D eigenvalue weighted by Crippen LogP contribution is -2.11. The predicted octanol–water partition coefficient (Wildman–Crippen LogP) is 2.29. The van der Waals surface area contributed by atoms with Crippen molar-refractivity contribution in [3.63, 3.8) is 0 Å². The first-order chi connectivity index (χ1) is 8.20. The fourth-order valence-corrected chi connectivity index (χ4v) is 1.49. The maximum absolute atomic E-state index is 13.1. The number of aryl methyl sites for hydroxylation is 1. The predicted molar refractivity (Wildman–Crippen MR) is 61.8 cm³/mol. The average Bonchev–Trinajstić information content (AvgIpc) is 2.78. The summed E-state index contributed by atoms with van der Waals surface area (Å²) in [5.74, 6) is 0.553. The van der Waals surface area contributed by atoms with Gasteiger partial charge in [0.15, 0.2) is 0 Å². The van der Waals surface area contributed by atoms with E-state index in [2.05, 4.69) is 15.5 Å². The van der Waals surface area contributed by atoms with Crippen LogP contribution in [0.25, 0.3) is 11.5 Å². The SMILES string of the molecule is CCNCc1nnc(-c2cc(F)ccc2C)o1. The van der Waals surface area contributed by atoms with Gasteiger partial charge in [0.25, 0.3) is 0 Å². The number of aromatic nitrogens is 2. The smallest absolute Gasteiger partial charge is 0.248 e. The van der Waals surface area contributed by atoms with Gasteiger partial charge in [-0.1, -0.05) is 13.0 Å². The third-order valence-corrected chi connectivity index (χ3v) is 2.42. The molecule has 0 amide bonds. The van der Waals surface area contributed by atoms with Crippen LogP contribution in [0, 0.1) is 12.7 Å². The van der Waals surface area contributed by atoms with Crippen molar-refractivity contribution >= 4 is 0 Å². The highest BCUT2D eigenvalue weighted by atomic mass is 19.1. The number of hydrogen-bond acceptors (Lipinski definition) is 4. The lowest BCUT2D eigenvalue weighted by Gasteiger charge is -2.00. The summed E-state index contributed by atoms with van der Waals surface area (Å²) in [5, 5.41) is 10.9. The van der Waals surface area contributed by atoms with E-state index in [9.17, 15) is 4.39 Å². The maximum atomic E-state index is 13.1. The molecular weight excluding hydrogens is 221 g/mol. The molecule has 1 aromatic carbocycles. The molecule has 0 spiro atoms. The maximum Gasteiger partial charge on any atom is 0.248 e. The Morgan fingerprint density at radius 1 is 1.35 bits per heavy atom. The Hall–Kier alpha value is -1.75. The molecular formula is C12H14FN3O. The van der Waals surface area contributed by atoms with Crippen molar-refractivity contribution in [1.82, 2.24) is 15.5 Å². The van der Waals surface area contributed by atoms with Gasteiger partial charge in [-0.15, -0.1) is 10.2 Å². The Bertz CT molecular complexity index is 510. The summed E-state index contributed by atoms with van der Waals surface area (Å²) in [6.07, 6.45) is 0. The molecule has 0 radical (unpaired) electrons. The molecule has 0 bridgehead atoms. The van der Waals surface area contributed by atoms with Crippen molar-refractivity contribution in [3.05, 3.63) is 35.5 Å². The fraction of sp³-hybridized carbons (Fsp3) is 0.333. The molecule has 1 heterocycles. The quantitative estimate of drug-likeness (QED) is 0.883. The molecule has 0 saturated heterocycles. The van der Waals surface area contributed by atoms with Gasteiger partial charge < -0.3 is 9.73 Å². The molecule has 17 heavy (non-hydrogen) atoms. The highest BCUT2D eigenvalue weighted by Gasteiger charge is 2.11. The second-order valence-corrected chi connectivity index (χ2v) is 3.74. The van der Waals surface area contributed by atoms with E-state index in [0.29, 0.717) is 23.9 Å². The summed E-state index contributed by atoms with van der Waals surface area (Å²) in [5.41, 5.74) is 1.55. The van der Waals surface area contributed by atoms with Crippen LogP contribution in [-0.2, 0) is 6.54 Å². The van der Waals surface area contributed by atoms with Crippen LogP contribution in [0.2, 0.25) is 0 Å². The number of halogens is 1. The van der Waals surface area contributed by atoms with Gasteiger partial charge in [0.05, 0.1) is 6.54 Å². The number of nitrogens with zero attached hydrogens (tertiary/aromatic N) is 2. The van der Waals surface area contributed by atoms with E-state index in [4.69, 9.17) is 4.42 Å². The van der Waals surface area contributed by atoms with Crippen LogP contribution >= 0.6 is 0 Å². The van der Waals surface area contributed by atoms with E-state index in [1.54, 1.807) is 6.07 Å². The average molecular weight is 235 g/mol. The molecule has 2 aromatic rings. The number of nitrogens with one attached hydrogen (secondary N) is 1. The van der Waals surface area contributed by atoms with Gasteiger partial charge >= 0.3 is 0 Å². The van der Waals surface area contributed by atoms with E-state index in [1.807, 2.05) is 13.8 Å². The molecule has 0 atom stereocenters. The van der Waals surface area contributed by atoms with Crippen molar-refractivity contribution in [1.29, 1.82) is 0 Å². The van der Waals surface area contributed by atoms with Crippen LogP contribution in [-0.4, -0.2) is 16.7 Å². The lowest BCUT2D eigenvalue weighted by molar-refractivity contribution is 0.481. The highest BCUT2D eigenvalue weighted by Crippen LogP contribution is 2.22. The zero-order chi connectivity index (χ0) is 12.3. The molecule has 0 fully saturated rings. The summed E-state index contributed by atoms with van der Waals surface area (Å²) in [4.78, 5) is 0. The largest absolute Gasteiger partial charge is 0.419 e. The zero-order valence-electron chi connectivity index (χ0n) is 9.83. The Morgan fingerprint density at radius 3 is 2.94 bits per heavy atom. The molecule has 0 aliphatic rings. The standard InChI is InChI=1S/C12H14FN3O/c1-3-14-7-11-15-16-12(17-11)10-6-9(13)5-4-8(10)2/h4-6,14H,3,7H2,1-2H3. The molecule has 0 aliphatic heterocycles. The molecule has 1 N–H and O–H groups in total. The van der Waals surface area contributed by atoms with Gasteiger partial charge in [-0.3, -0.25) is 0 Å². The van der Waals surface area contributed by atoms with Gasteiger partial charge in [-0.2, -0.15) is 0 Å². The van der Waals surface area contributed by atoms with Crippen molar-refractivity contribution in [2.75, 3.05) is 6.54 Å². The van der Waals surface area contributed by atoms with Crippen LogP contribution in [0.5, 0.6) is 0 Å². The van der Waals surface area contributed by atoms with Crippen LogP contribution in [0.3, 0.4) is 0 Å². The van der Waals surface area contributed by atoms with Gasteiger partial charge in [0, 0.05) is 5.56 Å². The normalized spacial score (nSPS) is 10.8. The van der Waals surface area contributed by atoms with Gasteiger partial charge in [0.2, 0.25) is 11.8 Å². The summed E-state index contributed by atoms with van der Waals surface area (Å²) < 4.78 is 18.6. The van der Waals surface area contributed by atoms with Gasteiger partial charge in [-0.25, -0.2) is 4.39 Å². The molecule has 4 nitrogen and oxygen atoms in total. The van der Waals surface area contributed by atoms with Gasteiger partial charge in [-0.05, 0) is 31.2 Å². The second-order valence-electron chi connectivity index (χ2n) is 3.74. The van der Waals surface area contributed by atoms with Crippen molar-refractivity contribution in [3.8, 4) is 11.5 Å². The first-order valence-electron chi connectivity index (χ1n) is 5.50. The Morgan fingerprint density at radius 2 is 2.18 bits per heavy atom. The Labute approximate surface area is 98.9 Å². The Kier molecular flexibility index (Phi) is 3.49. The van der Waals surface area contributed by atoms with Crippen molar-refractivity contribution in [2.45, 2.75) is 20.4 Å². The zero-order valence-corrected chi connectivity index (χ0v) is 9.83. The third kappa shape index (κ3) is 2.68. The topological polar surface area (TPSA) is 51.0 Å². The molecule has 0 aliphatic carbocycles. The number of hydrogen-bond donors (Lipinski definition) is 1. The second kappa shape index (κ2) is 5.05. The summed E-state index contributed by atoms with van der Waals surface area (Å²) >= 11 is 0. The van der Waals surface area contributed by atoms with Crippen LogP contribution < -0.4 is 5.32 Å². The fourth-order valence-electron chi connectivity index (χ4n) is 1.49. The molecule has 0 unspecified atom stereocenters. The molecule has 90 valence electrons. The molecule has 5 heteroatoms. The van der Waals surface area contributed by atoms with Crippen molar-refractivity contribution < 1.29 is 8.81 Å². The first-order valence-corrected chi connectivity index (χ1v) is 5.50. The monoisotopic (exact) mass is 235 g/mol. The van der Waals surface area contributed by atoms with E-state index >= 15 is 0 Å². The van der Waals surface area contributed by atoms with E-state index in [1.165, 1.54) is 12.1 Å². The summed E-state index contributed by atoms with van der Waals surface area (Å²) in [6, 6.07) is 4.51. The minimum absolute atomic E-state index is 0.308. The van der Waals surface area contributed by atoms with Crippen molar-refractivity contribution in [2.24, 2.45) is 0 Å². The van der Waals surface area contributed by atoms with Crippen LogP contribution in [0.1, 0.15) is 18.4 Å². The molecule has 1 aromatic heterocycles. The minimum Gasteiger partial charge on any atom is -0.419 e. The minimum atomic E-state index is -0.308. The summed E-state index contributed by atoms with van der Waals surface area (Å²) in [7, 11) is 0. The van der Waals surface area contributed by atoms with Gasteiger partial charge in [0.1, 0.15) is 5.82 Å². The highest BCUT2D eigenvalue weighted by molar-refractivity contribution is 5.57. The van der Waals surface area contributed by atoms with E-state index in [0.717, 1.165) is 12.1 Å². The number of rotatable bonds is 4. The van der Waals surface area contributed by atoms with Crippen LogP contribution in [0.15, 0.2) is 22.6 Å². The number of benzene rings is 1. The van der Waals surface area contributed by atoms with Crippen LogP contribution in [0.4, 0.5) is 4.39 Å². The molecule has 2 rings (SSSR count). The Balaban J connectivity index is 2.27. The third-order valence-electron chi connectivity index (χ3n) is 2.42. The lowest BCUT2D eigenvalue weighted by atomic mass is 10.1. The first kappa shape index (κ1) is 11.7. The molecule has 0 saturated carbocycles. The van der Waals surface area contributed by atoms with E-state index < -0.39 is 0 Å².